The summed E-state index contributed by atoms with van der Waals surface area (Å²) in [6.07, 6.45) is 4.56. The third kappa shape index (κ3) is 2.74. The highest BCUT2D eigenvalue weighted by molar-refractivity contribution is 6.31. The van der Waals surface area contributed by atoms with E-state index >= 15 is 0 Å². The van der Waals surface area contributed by atoms with Crippen LogP contribution in [0.3, 0.4) is 0 Å². The van der Waals surface area contributed by atoms with E-state index in [-0.39, 0.29) is 5.82 Å². The van der Waals surface area contributed by atoms with Crippen LogP contribution in [0, 0.1) is 12.7 Å². The smallest absolute Gasteiger partial charge is 0.127 e. The fraction of sp³-hybridized carbons (Fsp3) is 0.538. The van der Waals surface area contributed by atoms with Gasteiger partial charge in [0.2, 0.25) is 0 Å². The van der Waals surface area contributed by atoms with E-state index in [2.05, 4.69) is 5.32 Å². The molecule has 1 aliphatic heterocycles. The normalized spacial score (nSPS) is 21.1. The number of halogens is 2. The summed E-state index contributed by atoms with van der Waals surface area (Å²) in [4.78, 5) is 0. The van der Waals surface area contributed by atoms with Crippen molar-refractivity contribution in [2.24, 2.45) is 0 Å². The average molecular weight is 242 g/mol. The van der Waals surface area contributed by atoms with E-state index < -0.39 is 0 Å². The Morgan fingerprint density at radius 2 is 2.25 bits per heavy atom. The van der Waals surface area contributed by atoms with Crippen molar-refractivity contribution in [3.63, 3.8) is 0 Å². The van der Waals surface area contributed by atoms with Crippen molar-refractivity contribution in [2.45, 2.75) is 38.6 Å². The number of piperidine rings is 1. The van der Waals surface area contributed by atoms with Gasteiger partial charge in [0.05, 0.1) is 0 Å². The summed E-state index contributed by atoms with van der Waals surface area (Å²) in [5.74, 6) is -0.196. The summed E-state index contributed by atoms with van der Waals surface area (Å²) in [6.45, 7) is 2.78. The molecule has 3 heteroatoms. The highest BCUT2D eigenvalue weighted by atomic mass is 35.5. The zero-order valence-corrected chi connectivity index (χ0v) is 10.3. The molecule has 2 rings (SSSR count). The molecule has 1 unspecified atom stereocenters. The van der Waals surface area contributed by atoms with Crippen LogP contribution in [0.15, 0.2) is 12.1 Å². The van der Waals surface area contributed by atoms with E-state index in [1.807, 2.05) is 6.07 Å². The molecule has 0 spiro atoms. The van der Waals surface area contributed by atoms with Crippen LogP contribution in [0.4, 0.5) is 4.39 Å². The van der Waals surface area contributed by atoms with Crippen LogP contribution in [-0.2, 0) is 6.42 Å². The molecule has 1 fully saturated rings. The summed E-state index contributed by atoms with van der Waals surface area (Å²) in [5.41, 5.74) is 1.54. The highest BCUT2D eigenvalue weighted by Gasteiger charge is 2.14. The number of hydrogen-bond donors (Lipinski definition) is 1. The van der Waals surface area contributed by atoms with E-state index in [9.17, 15) is 4.39 Å². The van der Waals surface area contributed by atoms with Gasteiger partial charge in [0.1, 0.15) is 5.82 Å². The molecule has 0 saturated carbocycles. The van der Waals surface area contributed by atoms with E-state index in [0.717, 1.165) is 18.5 Å². The van der Waals surface area contributed by atoms with E-state index in [1.54, 1.807) is 13.0 Å². The van der Waals surface area contributed by atoms with Gasteiger partial charge in [0.15, 0.2) is 0 Å². The Morgan fingerprint density at radius 3 is 2.88 bits per heavy atom. The van der Waals surface area contributed by atoms with Crippen LogP contribution < -0.4 is 5.32 Å². The molecule has 1 atom stereocenters. The SMILES string of the molecule is Cc1c(F)cc(CC2CCCCN2)cc1Cl. The Hall–Kier alpha value is -0.600. The predicted octanol–water partition coefficient (Wildman–Crippen LogP) is 3.47. The second kappa shape index (κ2) is 5.15. The minimum atomic E-state index is -0.196. The summed E-state index contributed by atoms with van der Waals surface area (Å²) < 4.78 is 13.5. The van der Waals surface area contributed by atoms with Gasteiger partial charge >= 0.3 is 0 Å². The molecule has 0 aliphatic carbocycles. The first-order valence-corrected chi connectivity index (χ1v) is 6.22. The van der Waals surface area contributed by atoms with Crippen molar-refractivity contribution in [2.75, 3.05) is 6.54 Å². The van der Waals surface area contributed by atoms with Crippen LogP contribution in [0.25, 0.3) is 0 Å². The maximum absolute atomic E-state index is 13.5. The largest absolute Gasteiger partial charge is 0.314 e. The first kappa shape index (κ1) is 11.9. The Kier molecular flexibility index (Phi) is 3.82. The predicted molar refractivity (Wildman–Crippen MR) is 65.5 cm³/mol. The maximum Gasteiger partial charge on any atom is 0.127 e. The minimum Gasteiger partial charge on any atom is -0.314 e. The van der Waals surface area contributed by atoms with E-state index in [1.165, 1.54) is 19.3 Å². The lowest BCUT2D eigenvalue weighted by Gasteiger charge is -2.23. The van der Waals surface area contributed by atoms with Gasteiger partial charge in [-0.05, 0) is 50.4 Å². The van der Waals surface area contributed by atoms with E-state index in [0.29, 0.717) is 16.6 Å². The fourth-order valence-corrected chi connectivity index (χ4v) is 2.43. The van der Waals surface area contributed by atoms with Crippen molar-refractivity contribution < 1.29 is 4.39 Å². The van der Waals surface area contributed by atoms with Crippen molar-refractivity contribution >= 4 is 11.6 Å². The van der Waals surface area contributed by atoms with Crippen molar-refractivity contribution in [3.05, 3.63) is 34.1 Å². The van der Waals surface area contributed by atoms with Gasteiger partial charge in [-0.1, -0.05) is 18.0 Å². The van der Waals surface area contributed by atoms with Gasteiger partial charge in [-0.25, -0.2) is 4.39 Å². The van der Waals surface area contributed by atoms with Gasteiger partial charge in [-0.15, -0.1) is 0 Å². The minimum absolute atomic E-state index is 0.196. The number of nitrogens with one attached hydrogen (secondary N) is 1. The van der Waals surface area contributed by atoms with Crippen LogP contribution in [-0.4, -0.2) is 12.6 Å². The number of benzene rings is 1. The number of hydrogen-bond acceptors (Lipinski definition) is 1. The molecule has 0 bridgehead atoms. The van der Waals surface area contributed by atoms with Crippen LogP contribution in [0.2, 0.25) is 5.02 Å². The average Bonchev–Trinajstić information content (AvgIpc) is 2.27. The van der Waals surface area contributed by atoms with Gasteiger partial charge in [0, 0.05) is 16.6 Å². The monoisotopic (exact) mass is 241 g/mol. The molecule has 1 saturated heterocycles. The molecule has 1 heterocycles. The standard InChI is InChI=1S/C13H17ClFN/c1-9-12(14)7-10(8-13(9)15)6-11-4-2-3-5-16-11/h7-8,11,16H,2-6H2,1H3. The zero-order chi connectivity index (χ0) is 11.5. The Morgan fingerprint density at radius 1 is 1.44 bits per heavy atom. The molecule has 88 valence electrons. The first-order valence-electron chi connectivity index (χ1n) is 5.84. The lowest BCUT2D eigenvalue weighted by Crippen LogP contribution is -2.35. The summed E-state index contributed by atoms with van der Waals surface area (Å²) in [5, 5.41) is 3.99. The molecule has 0 amide bonds. The Labute approximate surface area is 101 Å². The second-order valence-corrected chi connectivity index (χ2v) is 4.94. The van der Waals surface area contributed by atoms with Crippen molar-refractivity contribution in [1.29, 1.82) is 0 Å². The molecule has 1 aliphatic rings. The quantitative estimate of drug-likeness (QED) is 0.836. The van der Waals surface area contributed by atoms with Gasteiger partial charge in [-0.3, -0.25) is 0 Å². The van der Waals surface area contributed by atoms with Gasteiger partial charge in [-0.2, -0.15) is 0 Å². The molecule has 1 nitrogen and oxygen atoms in total. The molecule has 1 N–H and O–H groups in total. The topological polar surface area (TPSA) is 12.0 Å². The maximum atomic E-state index is 13.5. The van der Waals surface area contributed by atoms with Crippen molar-refractivity contribution in [1.82, 2.24) is 5.32 Å². The van der Waals surface area contributed by atoms with Crippen molar-refractivity contribution in [3.8, 4) is 0 Å². The van der Waals surface area contributed by atoms with Crippen LogP contribution in [0.5, 0.6) is 0 Å². The molecule has 1 aromatic rings. The Bertz CT molecular complexity index is 349. The zero-order valence-electron chi connectivity index (χ0n) is 9.52. The van der Waals surface area contributed by atoms with Crippen LogP contribution >= 0.6 is 11.6 Å². The van der Waals surface area contributed by atoms with Crippen LogP contribution in [0.1, 0.15) is 30.4 Å². The fourth-order valence-electron chi connectivity index (χ4n) is 2.20. The molecule has 0 aromatic heterocycles. The van der Waals surface area contributed by atoms with Gasteiger partial charge in [0.25, 0.3) is 0 Å². The summed E-state index contributed by atoms with van der Waals surface area (Å²) in [7, 11) is 0. The molecular formula is C13H17ClFN. The van der Waals surface area contributed by atoms with E-state index in [4.69, 9.17) is 11.6 Å². The third-order valence-electron chi connectivity index (χ3n) is 3.24. The Balaban J connectivity index is 2.09. The summed E-state index contributed by atoms with van der Waals surface area (Å²) >= 11 is 5.98. The third-order valence-corrected chi connectivity index (χ3v) is 3.63. The lowest BCUT2D eigenvalue weighted by molar-refractivity contribution is 0.399. The molecular weight excluding hydrogens is 225 g/mol. The second-order valence-electron chi connectivity index (χ2n) is 4.54. The molecule has 1 aromatic carbocycles. The highest BCUT2D eigenvalue weighted by Crippen LogP contribution is 2.22. The molecule has 16 heavy (non-hydrogen) atoms. The molecule has 0 radical (unpaired) electrons. The van der Waals surface area contributed by atoms with Gasteiger partial charge < -0.3 is 5.32 Å². The summed E-state index contributed by atoms with van der Waals surface area (Å²) in [6, 6.07) is 3.97. The first-order chi connectivity index (χ1) is 7.66. The lowest BCUT2D eigenvalue weighted by atomic mass is 9.97. The number of rotatable bonds is 2.